The fourth-order valence-electron chi connectivity index (χ4n) is 3.97. The van der Waals surface area contributed by atoms with Gasteiger partial charge in [-0.2, -0.15) is 0 Å². The molecular formula is C30H21ClN2O4. The zero-order valence-electron chi connectivity index (χ0n) is 19.6. The van der Waals surface area contributed by atoms with Crippen LogP contribution in [-0.4, -0.2) is 17.8 Å². The second-order valence-electron chi connectivity index (χ2n) is 8.25. The van der Waals surface area contributed by atoms with Crippen LogP contribution < -0.4 is 14.5 Å². The summed E-state index contributed by atoms with van der Waals surface area (Å²) in [6, 6.07) is 30.7. The van der Waals surface area contributed by atoms with Gasteiger partial charge in [-0.15, -0.1) is 0 Å². The van der Waals surface area contributed by atoms with Gasteiger partial charge in [0.05, 0.1) is 11.4 Å². The smallest absolute Gasteiger partial charge is 0.343 e. The lowest BCUT2D eigenvalue weighted by molar-refractivity contribution is -0.121. The van der Waals surface area contributed by atoms with Gasteiger partial charge < -0.3 is 4.74 Å². The van der Waals surface area contributed by atoms with Crippen LogP contribution in [0.2, 0.25) is 5.02 Å². The van der Waals surface area contributed by atoms with E-state index in [-0.39, 0.29) is 12.2 Å². The lowest BCUT2D eigenvalue weighted by Crippen LogP contribution is -2.57. The number of carbonyl (C=O) groups excluding carboxylic acids is 3. The molecule has 0 aliphatic carbocycles. The molecule has 4 aromatic carbocycles. The molecule has 1 aliphatic rings. The maximum atomic E-state index is 13.6. The van der Waals surface area contributed by atoms with E-state index in [9.17, 15) is 14.4 Å². The molecule has 0 atom stereocenters. The molecule has 4 aromatic rings. The maximum absolute atomic E-state index is 13.6. The Balaban J connectivity index is 1.55. The topological polar surface area (TPSA) is 66.9 Å². The van der Waals surface area contributed by atoms with Crippen molar-refractivity contribution in [2.24, 2.45) is 0 Å². The average molecular weight is 509 g/mol. The molecule has 0 spiro atoms. The van der Waals surface area contributed by atoms with Gasteiger partial charge in [0, 0.05) is 10.6 Å². The first-order valence-corrected chi connectivity index (χ1v) is 11.9. The SMILES string of the molecule is O=C1C(=Cc2ccccc2OCc2ccc(Cl)cc2)C(=O)N(c2ccccc2)C(=O)N1c1ccccc1. The van der Waals surface area contributed by atoms with Crippen LogP contribution in [-0.2, 0) is 16.2 Å². The second-order valence-corrected chi connectivity index (χ2v) is 8.68. The van der Waals surface area contributed by atoms with Gasteiger partial charge in [-0.25, -0.2) is 14.6 Å². The molecule has 0 N–H and O–H groups in total. The highest BCUT2D eigenvalue weighted by Crippen LogP contribution is 2.31. The Morgan fingerprint density at radius 2 is 1.16 bits per heavy atom. The predicted octanol–water partition coefficient (Wildman–Crippen LogP) is 6.50. The summed E-state index contributed by atoms with van der Waals surface area (Å²) in [5.41, 5.74) is 2.01. The standard InChI is InChI=1S/C30H21ClN2O4/c31-23-17-15-21(16-18-23)20-37-27-14-8-7-9-22(27)19-26-28(34)32(24-10-3-1-4-11-24)30(36)33(29(26)35)25-12-5-2-6-13-25/h1-19H,20H2. The van der Waals surface area contributed by atoms with E-state index in [1.807, 2.05) is 12.1 Å². The molecule has 0 saturated carbocycles. The number of ether oxygens (including phenoxy) is 1. The predicted molar refractivity (Wildman–Crippen MR) is 143 cm³/mol. The minimum atomic E-state index is -0.739. The first kappa shape index (κ1) is 24.0. The number of para-hydroxylation sites is 3. The van der Waals surface area contributed by atoms with Crippen molar-refractivity contribution in [1.82, 2.24) is 0 Å². The van der Waals surface area contributed by atoms with E-state index in [1.165, 1.54) is 6.08 Å². The van der Waals surface area contributed by atoms with Gasteiger partial charge in [-0.05, 0) is 54.1 Å². The number of amides is 4. The quantitative estimate of drug-likeness (QED) is 0.220. The average Bonchev–Trinajstić information content (AvgIpc) is 2.92. The molecule has 1 fully saturated rings. The number of carbonyl (C=O) groups is 3. The van der Waals surface area contributed by atoms with E-state index >= 15 is 0 Å². The van der Waals surface area contributed by atoms with Crippen LogP contribution in [0.5, 0.6) is 5.75 Å². The van der Waals surface area contributed by atoms with Crippen LogP contribution in [0.25, 0.3) is 6.08 Å². The van der Waals surface area contributed by atoms with E-state index in [0.717, 1.165) is 15.4 Å². The molecule has 6 nitrogen and oxygen atoms in total. The summed E-state index contributed by atoms with van der Waals surface area (Å²) in [6.45, 7) is 0.268. The van der Waals surface area contributed by atoms with Gasteiger partial charge in [-0.3, -0.25) is 9.59 Å². The number of halogens is 1. The minimum absolute atomic E-state index is 0.158. The molecule has 4 amide bonds. The third kappa shape index (κ3) is 5.01. The first-order valence-electron chi connectivity index (χ1n) is 11.5. The van der Waals surface area contributed by atoms with Crippen LogP contribution in [0.3, 0.4) is 0 Å². The molecule has 1 saturated heterocycles. The third-order valence-electron chi connectivity index (χ3n) is 5.80. The lowest BCUT2D eigenvalue weighted by Gasteiger charge is -2.34. The molecule has 5 rings (SSSR count). The first-order chi connectivity index (χ1) is 18.0. The Bertz CT molecular complexity index is 1420. The van der Waals surface area contributed by atoms with Crippen molar-refractivity contribution >= 4 is 46.9 Å². The molecule has 1 heterocycles. The van der Waals surface area contributed by atoms with Crippen molar-refractivity contribution in [3.63, 3.8) is 0 Å². The van der Waals surface area contributed by atoms with E-state index in [1.54, 1.807) is 97.1 Å². The molecule has 7 heteroatoms. The number of benzene rings is 4. The Labute approximate surface area is 219 Å². The number of rotatable bonds is 6. The van der Waals surface area contributed by atoms with Gasteiger partial charge in [0.15, 0.2) is 0 Å². The summed E-state index contributed by atoms with van der Waals surface area (Å²) in [4.78, 5) is 42.6. The van der Waals surface area contributed by atoms with Gasteiger partial charge >= 0.3 is 6.03 Å². The van der Waals surface area contributed by atoms with Gasteiger partial charge in [0.2, 0.25) is 0 Å². The molecular weight excluding hydrogens is 488 g/mol. The normalized spacial score (nSPS) is 13.6. The van der Waals surface area contributed by atoms with E-state index in [4.69, 9.17) is 16.3 Å². The third-order valence-corrected chi connectivity index (χ3v) is 6.06. The van der Waals surface area contributed by atoms with Crippen molar-refractivity contribution in [1.29, 1.82) is 0 Å². The number of anilines is 2. The van der Waals surface area contributed by atoms with Crippen molar-refractivity contribution in [2.75, 3.05) is 9.80 Å². The van der Waals surface area contributed by atoms with Crippen LogP contribution in [0.4, 0.5) is 16.2 Å². The maximum Gasteiger partial charge on any atom is 0.343 e. The molecule has 0 aromatic heterocycles. The summed E-state index contributed by atoms with van der Waals surface area (Å²) in [7, 11) is 0. The number of hydrogen-bond acceptors (Lipinski definition) is 4. The van der Waals surface area contributed by atoms with Crippen LogP contribution in [0, 0.1) is 0 Å². The number of urea groups is 1. The highest BCUT2D eigenvalue weighted by molar-refractivity contribution is 6.46. The van der Waals surface area contributed by atoms with Crippen LogP contribution in [0.1, 0.15) is 11.1 Å². The fourth-order valence-corrected chi connectivity index (χ4v) is 4.09. The van der Waals surface area contributed by atoms with Gasteiger partial charge in [0.25, 0.3) is 11.8 Å². The summed E-state index contributed by atoms with van der Waals surface area (Å²) in [5.74, 6) is -0.929. The highest BCUT2D eigenvalue weighted by Gasteiger charge is 2.43. The number of barbiturate groups is 1. The molecule has 37 heavy (non-hydrogen) atoms. The van der Waals surface area contributed by atoms with E-state index in [2.05, 4.69) is 0 Å². The van der Waals surface area contributed by atoms with Crippen molar-refractivity contribution < 1.29 is 19.1 Å². The second kappa shape index (κ2) is 10.5. The summed E-state index contributed by atoms with van der Waals surface area (Å²) in [5, 5.41) is 0.628. The molecule has 0 unspecified atom stereocenters. The van der Waals surface area contributed by atoms with Gasteiger partial charge in [0.1, 0.15) is 17.9 Å². The Morgan fingerprint density at radius 3 is 1.73 bits per heavy atom. The van der Waals surface area contributed by atoms with Gasteiger partial charge in [-0.1, -0.05) is 78.3 Å². The van der Waals surface area contributed by atoms with Crippen molar-refractivity contribution in [3.05, 3.63) is 131 Å². The summed E-state index contributed by atoms with van der Waals surface area (Å²) < 4.78 is 6.01. The summed E-state index contributed by atoms with van der Waals surface area (Å²) >= 11 is 5.97. The van der Waals surface area contributed by atoms with E-state index in [0.29, 0.717) is 27.7 Å². The molecule has 1 aliphatic heterocycles. The Hall–Kier alpha value is -4.68. The fraction of sp³-hybridized carbons (Fsp3) is 0.0333. The number of nitrogens with zero attached hydrogens (tertiary/aromatic N) is 2. The Morgan fingerprint density at radius 1 is 0.649 bits per heavy atom. The monoisotopic (exact) mass is 508 g/mol. The molecule has 0 radical (unpaired) electrons. The zero-order valence-corrected chi connectivity index (χ0v) is 20.3. The number of imide groups is 2. The minimum Gasteiger partial charge on any atom is -0.488 e. The van der Waals surface area contributed by atoms with Crippen molar-refractivity contribution in [2.45, 2.75) is 6.61 Å². The zero-order chi connectivity index (χ0) is 25.8. The summed E-state index contributed by atoms with van der Waals surface area (Å²) in [6.07, 6.45) is 1.47. The van der Waals surface area contributed by atoms with Crippen LogP contribution in [0.15, 0.2) is 115 Å². The van der Waals surface area contributed by atoms with Crippen LogP contribution >= 0.6 is 11.6 Å². The Kier molecular flexibility index (Phi) is 6.83. The molecule has 182 valence electrons. The van der Waals surface area contributed by atoms with E-state index < -0.39 is 17.8 Å². The lowest BCUT2D eigenvalue weighted by atomic mass is 10.0. The number of hydrogen-bond donors (Lipinski definition) is 0. The largest absolute Gasteiger partial charge is 0.488 e. The highest BCUT2D eigenvalue weighted by atomic mass is 35.5. The van der Waals surface area contributed by atoms with Crippen molar-refractivity contribution in [3.8, 4) is 5.75 Å². The molecule has 0 bridgehead atoms.